The van der Waals surface area contributed by atoms with E-state index < -0.39 is 0 Å². The van der Waals surface area contributed by atoms with Gasteiger partial charge in [-0.1, -0.05) is 231 Å². The second kappa shape index (κ2) is 19.8. The predicted octanol–water partition coefficient (Wildman–Crippen LogP) is 18.2. The number of aromatic nitrogens is 3. The van der Waals surface area contributed by atoms with Crippen molar-refractivity contribution in [3.63, 3.8) is 0 Å². The Balaban J connectivity index is 0.975. The first-order valence-corrected chi connectivity index (χ1v) is 24.4. The van der Waals surface area contributed by atoms with Gasteiger partial charge in [-0.25, -0.2) is 15.0 Å². The summed E-state index contributed by atoms with van der Waals surface area (Å²) in [4.78, 5) is 15.5. The van der Waals surface area contributed by atoms with Crippen molar-refractivity contribution >= 4 is 0 Å². The molecule has 72 heavy (non-hydrogen) atoms. The van der Waals surface area contributed by atoms with Gasteiger partial charge in [-0.3, -0.25) is 0 Å². The van der Waals surface area contributed by atoms with Gasteiger partial charge in [-0.05, 0) is 110 Å². The molecule has 0 amide bonds. The summed E-state index contributed by atoms with van der Waals surface area (Å²) in [5.74, 6) is 0. The normalized spacial score (nSPS) is 11.1. The van der Waals surface area contributed by atoms with Crippen LogP contribution in [0.5, 0.6) is 0 Å². The molecule has 3 aromatic heterocycles. The van der Waals surface area contributed by atoms with Crippen LogP contribution in [0.1, 0.15) is 0 Å². The first-order chi connectivity index (χ1) is 35.6. The van der Waals surface area contributed by atoms with Crippen LogP contribution >= 0.6 is 0 Å². The lowest BCUT2D eigenvalue weighted by molar-refractivity contribution is 1.32. The van der Waals surface area contributed by atoms with E-state index in [0.29, 0.717) is 0 Å². The van der Waals surface area contributed by atoms with Gasteiger partial charge in [0.05, 0.1) is 34.2 Å². The Labute approximate surface area is 421 Å². The number of benzene rings is 9. The molecular formula is C69H47N3. The molecule has 9 aromatic carbocycles. The van der Waals surface area contributed by atoms with Crippen LogP contribution in [0.25, 0.3) is 123 Å². The largest absolute Gasteiger partial charge is 0.248 e. The van der Waals surface area contributed by atoms with Crippen molar-refractivity contribution < 1.29 is 0 Å². The Morgan fingerprint density at radius 3 is 0.472 bits per heavy atom. The highest BCUT2D eigenvalue weighted by Gasteiger charge is 2.15. The molecule has 3 nitrogen and oxygen atoms in total. The van der Waals surface area contributed by atoms with Crippen molar-refractivity contribution in [3.05, 3.63) is 285 Å². The van der Waals surface area contributed by atoms with Gasteiger partial charge in [-0.2, -0.15) is 0 Å². The third-order valence-electron chi connectivity index (χ3n) is 13.3. The van der Waals surface area contributed by atoms with Crippen LogP contribution in [0.4, 0.5) is 0 Å². The van der Waals surface area contributed by atoms with Gasteiger partial charge >= 0.3 is 0 Å². The van der Waals surface area contributed by atoms with E-state index in [0.717, 1.165) is 123 Å². The third kappa shape index (κ3) is 9.43. The molecule has 0 aliphatic rings. The van der Waals surface area contributed by atoms with E-state index in [4.69, 9.17) is 15.0 Å². The van der Waals surface area contributed by atoms with E-state index in [1.807, 2.05) is 24.3 Å². The summed E-state index contributed by atoms with van der Waals surface area (Å²) in [6, 6.07) is 101. The van der Waals surface area contributed by atoms with E-state index in [-0.39, 0.29) is 0 Å². The average molecular weight is 918 g/mol. The van der Waals surface area contributed by atoms with Crippen LogP contribution in [0.2, 0.25) is 0 Å². The van der Waals surface area contributed by atoms with Crippen LogP contribution in [0.3, 0.4) is 0 Å². The fourth-order valence-corrected chi connectivity index (χ4v) is 9.47. The van der Waals surface area contributed by atoms with E-state index in [9.17, 15) is 0 Å². The summed E-state index contributed by atoms with van der Waals surface area (Å²) in [6.07, 6.45) is 0. The van der Waals surface area contributed by atoms with Gasteiger partial charge in [0.15, 0.2) is 0 Å². The van der Waals surface area contributed by atoms with Gasteiger partial charge < -0.3 is 0 Å². The molecule has 3 heterocycles. The lowest BCUT2D eigenvalue weighted by Gasteiger charge is -2.15. The molecule has 0 N–H and O–H groups in total. The molecule has 0 bridgehead atoms. The molecule has 0 saturated heterocycles. The van der Waals surface area contributed by atoms with Gasteiger partial charge in [-0.15, -0.1) is 0 Å². The molecular weight excluding hydrogens is 871 g/mol. The summed E-state index contributed by atoms with van der Waals surface area (Å²) < 4.78 is 0. The summed E-state index contributed by atoms with van der Waals surface area (Å²) in [5, 5.41) is 0. The minimum absolute atomic E-state index is 0.928. The molecule has 3 heteroatoms. The first kappa shape index (κ1) is 43.7. The van der Waals surface area contributed by atoms with Gasteiger partial charge in [0.25, 0.3) is 0 Å². The molecule has 0 spiro atoms. The number of hydrogen-bond donors (Lipinski definition) is 0. The molecule has 338 valence electrons. The van der Waals surface area contributed by atoms with E-state index in [1.165, 1.54) is 0 Å². The van der Waals surface area contributed by atoms with E-state index >= 15 is 0 Å². The minimum atomic E-state index is 0.928. The summed E-state index contributed by atoms with van der Waals surface area (Å²) in [5.41, 5.74) is 23.3. The number of nitrogens with zero attached hydrogens (tertiary/aromatic N) is 3. The molecule has 0 fully saturated rings. The average Bonchev–Trinajstić information content (AvgIpc) is 3.48. The Bertz CT molecular complexity index is 3420. The maximum atomic E-state index is 5.23. The second-order valence-electron chi connectivity index (χ2n) is 18.0. The zero-order valence-corrected chi connectivity index (χ0v) is 39.5. The molecule has 0 aliphatic carbocycles. The highest BCUT2D eigenvalue weighted by Crippen LogP contribution is 2.39. The van der Waals surface area contributed by atoms with Gasteiger partial charge in [0.2, 0.25) is 0 Å². The summed E-state index contributed by atoms with van der Waals surface area (Å²) in [6.45, 7) is 0. The van der Waals surface area contributed by atoms with Crippen molar-refractivity contribution in [2.75, 3.05) is 0 Å². The number of pyridine rings is 3. The summed E-state index contributed by atoms with van der Waals surface area (Å²) in [7, 11) is 0. The smallest absolute Gasteiger partial charge is 0.0715 e. The Hall–Kier alpha value is -9.57. The van der Waals surface area contributed by atoms with E-state index in [2.05, 4.69) is 261 Å². The standard InChI is InChI=1S/C69H47N3/c1-7-19-52(20-8-1)64-42-61(43-65(70-64)53-21-9-2-10-22-53)50-35-31-48(32-36-50)58-39-59(41-60(40-58)63-46-68(56-27-15-5-16-28-56)72-69(47-63)57-29-17-6-18-30-57)49-33-37-51(38-34-49)62-44-66(54-23-11-3-12-24-54)71-67(45-62)55-25-13-4-14-26-55/h1-47H. The Kier molecular flexibility index (Phi) is 12.0. The molecule has 0 atom stereocenters. The minimum Gasteiger partial charge on any atom is -0.248 e. The quantitative estimate of drug-likeness (QED) is 0.130. The van der Waals surface area contributed by atoms with Crippen LogP contribution < -0.4 is 0 Å². The third-order valence-corrected chi connectivity index (χ3v) is 13.3. The van der Waals surface area contributed by atoms with Crippen molar-refractivity contribution in [2.45, 2.75) is 0 Å². The van der Waals surface area contributed by atoms with Crippen LogP contribution in [-0.4, -0.2) is 15.0 Å². The monoisotopic (exact) mass is 917 g/mol. The van der Waals surface area contributed by atoms with Crippen molar-refractivity contribution in [3.8, 4) is 123 Å². The zero-order valence-electron chi connectivity index (χ0n) is 39.5. The molecule has 0 radical (unpaired) electrons. The molecule has 0 unspecified atom stereocenters. The predicted molar refractivity (Wildman–Crippen MR) is 300 cm³/mol. The Morgan fingerprint density at radius 2 is 0.278 bits per heavy atom. The molecule has 12 rings (SSSR count). The fourth-order valence-electron chi connectivity index (χ4n) is 9.47. The highest BCUT2D eigenvalue weighted by molar-refractivity contribution is 5.86. The van der Waals surface area contributed by atoms with Crippen LogP contribution in [0, 0.1) is 0 Å². The van der Waals surface area contributed by atoms with E-state index in [1.54, 1.807) is 0 Å². The van der Waals surface area contributed by atoms with Crippen molar-refractivity contribution in [1.29, 1.82) is 0 Å². The maximum Gasteiger partial charge on any atom is 0.0715 e. The van der Waals surface area contributed by atoms with Gasteiger partial charge in [0, 0.05) is 33.4 Å². The first-order valence-electron chi connectivity index (χ1n) is 24.4. The van der Waals surface area contributed by atoms with Gasteiger partial charge in [0.1, 0.15) is 0 Å². The molecule has 0 saturated carbocycles. The van der Waals surface area contributed by atoms with Crippen LogP contribution in [0.15, 0.2) is 285 Å². The number of hydrogen-bond acceptors (Lipinski definition) is 3. The zero-order chi connectivity index (χ0) is 48.1. The summed E-state index contributed by atoms with van der Waals surface area (Å²) >= 11 is 0. The highest BCUT2D eigenvalue weighted by atomic mass is 14.7. The lowest BCUT2D eigenvalue weighted by Crippen LogP contribution is -1.93. The lowest BCUT2D eigenvalue weighted by atomic mass is 9.91. The number of rotatable bonds is 11. The van der Waals surface area contributed by atoms with Crippen molar-refractivity contribution in [2.24, 2.45) is 0 Å². The molecule has 0 aliphatic heterocycles. The Morgan fingerprint density at radius 1 is 0.125 bits per heavy atom. The maximum absolute atomic E-state index is 5.23. The molecule has 12 aromatic rings. The second-order valence-corrected chi connectivity index (χ2v) is 18.0. The SMILES string of the molecule is c1ccc(-c2cc(-c3ccc(-c4cc(-c5ccc(-c6cc(-c7ccccc7)nc(-c7ccccc7)c6)cc5)cc(-c5cc(-c6ccccc6)nc(-c6ccccc6)c5)c4)cc3)cc(-c3ccccc3)n2)cc1. The fraction of sp³-hybridized carbons (Fsp3) is 0. The topological polar surface area (TPSA) is 38.7 Å². The van der Waals surface area contributed by atoms with Crippen LogP contribution in [-0.2, 0) is 0 Å². The van der Waals surface area contributed by atoms with Crippen molar-refractivity contribution in [1.82, 2.24) is 15.0 Å².